The number of nitriles is 1. The van der Waals surface area contributed by atoms with Crippen LogP contribution < -0.4 is 5.32 Å². The Morgan fingerprint density at radius 1 is 1.19 bits per heavy atom. The van der Waals surface area contributed by atoms with Gasteiger partial charge in [0.15, 0.2) is 0 Å². The Labute approximate surface area is 124 Å². The van der Waals surface area contributed by atoms with Gasteiger partial charge in [0.2, 0.25) is 0 Å². The maximum absolute atomic E-state index is 9.67. The summed E-state index contributed by atoms with van der Waals surface area (Å²) in [7, 11) is 0. The molecular weight excluding hydrogens is 260 g/mol. The van der Waals surface area contributed by atoms with Crippen LogP contribution in [0.5, 0.6) is 0 Å². The first-order valence-electron chi connectivity index (χ1n) is 7.27. The lowest BCUT2D eigenvalue weighted by molar-refractivity contribution is 0.233. The zero-order valence-corrected chi connectivity index (χ0v) is 11.8. The molecule has 21 heavy (non-hydrogen) atoms. The lowest BCUT2D eigenvalue weighted by atomic mass is 10.0. The molecule has 0 amide bonds. The van der Waals surface area contributed by atoms with Gasteiger partial charge in [-0.05, 0) is 35.6 Å². The van der Waals surface area contributed by atoms with Crippen molar-refractivity contribution in [2.24, 2.45) is 0 Å². The van der Waals surface area contributed by atoms with Crippen LogP contribution in [0.3, 0.4) is 0 Å². The molecule has 0 saturated carbocycles. The Morgan fingerprint density at radius 2 is 2.00 bits per heavy atom. The molecule has 3 rings (SSSR count). The van der Waals surface area contributed by atoms with Crippen LogP contribution in [0.25, 0.3) is 0 Å². The van der Waals surface area contributed by atoms with Gasteiger partial charge in [-0.2, -0.15) is 5.26 Å². The zero-order valence-electron chi connectivity index (χ0n) is 11.8. The fourth-order valence-corrected chi connectivity index (χ4v) is 3.11. The molecule has 106 valence electrons. The molecule has 3 nitrogen and oxygen atoms in total. The Morgan fingerprint density at radius 3 is 2.71 bits per heavy atom. The zero-order chi connectivity index (χ0) is 14.7. The summed E-state index contributed by atoms with van der Waals surface area (Å²) in [6.07, 6.45) is 1.89. The summed E-state index contributed by atoms with van der Waals surface area (Å²) < 4.78 is 0. The van der Waals surface area contributed by atoms with Crippen LogP contribution in [0.4, 0.5) is 0 Å². The molecule has 0 heterocycles. The summed E-state index contributed by atoms with van der Waals surface area (Å²) >= 11 is 0. The minimum Gasteiger partial charge on any atom is -0.394 e. The van der Waals surface area contributed by atoms with Crippen LogP contribution in [0.2, 0.25) is 0 Å². The van der Waals surface area contributed by atoms with Crippen LogP contribution in [-0.4, -0.2) is 11.7 Å². The number of rotatable bonds is 4. The third kappa shape index (κ3) is 2.69. The summed E-state index contributed by atoms with van der Waals surface area (Å²) in [5, 5.41) is 22.4. The van der Waals surface area contributed by atoms with Gasteiger partial charge in [0, 0.05) is 6.04 Å². The monoisotopic (exact) mass is 278 g/mol. The minimum absolute atomic E-state index is 0.0633. The SMILES string of the molecule is N#Cc1cccc2c1CCC2N[C@@H](CO)c1ccccc1. The fourth-order valence-electron chi connectivity index (χ4n) is 3.11. The Hall–Kier alpha value is -2.15. The van der Waals surface area contributed by atoms with Gasteiger partial charge in [-0.1, -0.05) is 42.5 Å². The topological polar surface area (TPSA) is 56.0 Å². The van der Waals surface area contributed by atoms with Crippen molar-refractivity contribution >= 4 is 0 Å². The van der Waals surface area contributed by atoms with Gasteiger partial charge in [-0.25, -0.2) is 0 Å². The third-order valence-corrected chi connectivity index (χ3v) is 4.18. The quantitative estimate of drug-likeness (QED) is 0.904. The molecule has 0 saturated heterocycles. The summed E-state index contributed by atoms with van der Waals surface area (Å²) in [6, 6.07) is 18.3. The van der Waals surface area contributed by atoms with Gasteiger partial charge in [0.25, 0.3) is 0 Å². The second kappa shape index (κ2) is 6.09. The maximum atomic E-state index is 9.67. The fraction of sp³-hybridized carbons (Fsp3) is 0.278. The highest BCUT2D eigenvalue weighted by atomic mass is 16.3. The standard InChI is InChI=1S/C18H18N2O/c19-11-14-7-4-8-16-15(14)9-10-17(16)20-18(12-21)13-5-2-1-3-6-13/h1-8,17-18,20-21H,9-10,12H2/t17?,18-/m0/s1. The van der Waals surface area contributed by atoms with Gasteiger partial charge < -0.3 is 10.4 Å². The molecule has 2 aromatic carbocycles. The number of benzene rings is 2. The van der Waals surface area contributed by atoms with Crippen molar-refractivity contribution in [3.8, 4) is 6.07 Å². The van der Waals surface area contributed by atoms with E-state index in [1.807, 2.05) is 42.5 Å². The van der Waals surface area contributed by atoms with Gasteiger partial charge in [-0.15, -0.1) is 0 Å². The number of fused-ring (bicyclic) bond motifs is 1. The second-order valence-electron chi connectivity index (χ2n) is 5.39. The van der Waals surface area contributed by atoms with Crippen LogP contribution in [-0.2, 0) is 6.42 Å². The molecular formula is C18H18N2O. The molecule has 2 aromatic rings. The van der Waals surface area contributed by atoms with E-state index >= 15 is 0 Å². The van der Waals surface area contributed by atoms with Crippen LogP contribution in [0.1, 0.15) is 40.8 Å². The molecule has 1 aliphatic rings. The number of aliphatic hydroxyl groups is 1. The first kappa shape index (κ1) is 13.8. The predicted octanol–water partition coefficient (Wildman–Crippen LogP) is 2.87. The second-order valence-corrected chi connectivity index (χ2v) is 5.39. The van der Waals surface area contributed by atoms with Crippen molar-refractivity contribution in [2.75, 3.05) is 6.61 Å². The molecule has 2 atom stereocenters. The van der Waals surface area contributed by atoms with E-state index in [-0.39, 0.29) is 18.7 Å². The molecule has 0 aromatic heterocycles. The Kier molecular flexibility index (Phi) is 4.01. The molecule has 2 N–H and O–H groups in total. The summed E-state index contributed by atoms with van der Waals surface area (Å²) in [5.74, 6) is 0. The minimum atomic E-state index is -0.0760. The number of nitrogens with one attached hydrogen (secondary N) is 1. The van der Waals surface area contributed by atoms with E-state index in [9.17, 15) is 10.4 Å². The van der Waals surface area contributed by atoms with Crippen molar-refractivity contribution in [1.29, 1.82) is 5.26 Å². The van der Waals surface area contributed by atoms with Crippen molar-refractivity contribution < 1.29 is 5.11 Å². The van der Waals surface area contributed by atoms with Crippen molar-refractivity contribution in [3.63, 3.8) is 0 Å². The highest BCUT2D eigenvalue weighted by Crippen LogP contribution is 2.34. The van der Waals surface area contributed by atoms with Crippen molar-refractivity contribution in [2.45, 2.75) is 24.9 Å². The van der Waals surface area contributed by atoms with E-state index in [4.69, 9.17) is 0 Å². The van der Waals surface area contributed by atoms with Crippen LogP contribution in [0, 0.1) is 11.3 Å². The molecule has 0 fully saturated rings. The predicted molar refractivity (Wildman–Crippen MR) is 81.6 cm³/mol. The van der Waals surface area contributed by atoms with Gasteiger partial charge in [0.1, 0.15) is 0 Å². The molecule has 1 unspecified atom stereocenters. The van der Waals surface area contributed by atoms with E-state index in [2.05, 4.69) is 17.5 Å². The summed E-state index contributed by atoms with van der Waals surface area (Å²) in [6.45, 7) is 0.0633. The van der Waals surface area contributed by atoms with Crippen LogP contribution in [0.15, 0.2) is 48.5 Å². The molecule has 0 spiro atoms. The van der Waals surface area contributed by atoms with E-state index in [1.165, 1.54) is 5.56 Å². The molecule has 0 aliphatic heterocycles. The summed E-state index contributed by atoms with van der Waals surface area (Å²) in [5.41, 5.74) is 4.22. The van der Waals surface area contributed by atoms with Crippen LogP contribution >= 0.6 is 0 Å². The normalized spacial score (nSPS) is 18.0. The number of aliphatic hydroxyl groups excluding tert-OH is 1. The van der Waals surface area contributed by atoms with E-state index in [1.54, 1.807) is 0 Å². The maximum Gasteiger partial charge on any atom is 0.0994 e. The highest BCUT2D eigenvalue weighted by molar-refractivity contribution is 5.47. The van der Waals surface area contributed by atoms with Gasteiger partial charge in [0.05, 0.1) is 24.3 Å². The number of nitrogens with zero attached hydrogens (tertiary/aromatic N) is 1. The lowest BCUT2D eigenvalue weighted by Gasteiger charge is -2.22. The first-order valence-corrected chi connectivity index (χ1v) is 7.27. The molecule has 0 radical (unpaired) electrons. The smallest absolute Gasteiger partial charge is 0.0994 e. The largest absolute Gasteiger partial charge is 0.394 e. The summed E-state index contributed by atoms with van der Waals surface area (Å²) in [4.78, 5) is 0. The Balaban J connectivity index is 1.83. The molecule has 1 aliphatic carbocycles. The molecule has 3 heteroatoms. The molecule has 0 bridgehead atoms. The first-order chi connectivity index (χ1) is 10.3. The van der Waals surface area contributed by atoms with E-state index in [0.717, 1.165) is 29.5 Å². The van der Waals surface area contributed by atoms with Crippen molar-refractivity contribution in [1.82, 2.24) is 5.32 Å². The van der Waals surface area contributed by atoms with Crippen molar-refractivity contribution in [3.05, 3.63) is 70.8 Å². The third-order valence-electron chi connectivity index (χ3n) is 4.18. The number of hydrogen-bond donors (Lipinski definition) is 2. The van der Waals surface area contributed by atoms with E-state index in [0.29, 0.717) is 0 Å². The average Bonchev–Trinajstić information content (AvgIpc) is 2.96. The highest BCUT2D eigenvalue weighted by Gasteiger charge is 2.26. The van der Waals surface area contributed by atoms with Gasteiger partial charge in [-0.3, -0.25) is 0 Å². The number of hydrogen-bond acceptors (Lipinski definition) is 3. The van der Waals surface area contributed by atoms with E-state index < -0.39 is 0 Å². The average molecular weight is 278 g/mol. The van der Waals surface area contributed by atoms with Gasteiger partial charge >= 0.3 is 0 Å². The Bertz CT molecular complexity index is 661. The lowest BCUT2D eigenvalue weighted by Crippen LogP contribution is -2.27.